The molecular formula is C9H11ClN2OS. The zero-order valence-corrected chi connectivity index (χ0v) is 9.14. The number of ether oxygens (including phenoxy) is 1. The second-order valence-electron chi connectivity index (χ2n) is 3.84. The number of nitrogens with zero attached hydrogens (tertiary/aromatic N) is 1. The SMILES string of the molecule is Clc1csc(NC2CC3CCC2O3)n1. The summed E-state index contributed by atoms with van der Waals surface area (Å²) in [5, 5.41) is 6.72. The van der Waals surface area contributed by atoms with E-state index >= 15 is 0 Å². The molecule has 2 bridgehead atoms. The summed E-state index contributed by atoms with van der Waals surface area (Å²) in [5.74, 6) is 0. The number of thiazole rings is 1. The van der Waals surface area contributed by atoms with Crippen LogP contribution in [-0.4, -0.2) is 23.2 Å². The van der Waals surface area contributed by atoms with Crippen LogP contribution in [-0.2, 0) is 4.74 Å². The van der Waals surface area contributed by atoms with E-state index in [2.05, 4.69) is 10.3 Å². The first-order chi connectivity index (χ1) is 6.81. The molecule has 3 rings (SSSR count). The Hall–Kier alpha value is -0.320. The second kappa shape index (κ2) is 3.36. The maximum absolute atomic E-state index is 5.75. The van der Waals surface area contributed by atoms with E-state index in [1.807, 2.05) is 5.38 Å². The van der Waals surface area contributed by atoms with Gasteiger partial charge in [0.15, 0.2) is 5.13 Å². The minimum Gasteiger partial charge on any atom is -0.373 e. The molecule has 2 saturated heterocycles. The molecular weight excluding hydrogens is 220 g/mol. The number of nitrogens with one attached hydrogen (secondary N) is 1. The van der Waals surface area contributed by atoms with Crippen LogP contribution in [0.3, 0.4) is 0 Å². The Balaban J connectivity index is 1.68. The van der Waals surface area contributed by atoms with Crippen LogP contribution in [0.1, 0.15) is 19.3 Å². The van der Waals surface area contributed by atoms with Gasteiger partial charge in [-0.05, 0) is 19.3 Å². The van der Waals surface area contributed by atoms with Gasteiger partial charge in [-0.2, -0.15) is 0 Å². The Morgan fingerprint density at radius 3 is 3.07 bits per heavy atom. The molecule has 0 aromatic carbocycles. The zero-order valence-electron chi connectivity index (χ0n) is 7.57. The van der Waals surface area contributed by atoms with Gasteiger partial charge in [0, 0.05) is 5.38 Å². The van der Waals surface area contributed by atoms with Gasteiger partial charge in [0.25, 0.3) is 0 Å². The average Bonchev–Trinajstić information content (AvgIpc) is 2.82. The topological polar surface area (TPSA) is 34.1 Å². The van der Waals surface area contributed by atoms with E-state index in [0.717, 1.165) is 11.6 Å². The molecule has 5 heteroatoms. The molecule has 2 fully saturated rings. The minimum atomic E-state index is 0.391. The summed E-state index contributed by atoms with van der Waals surface area (Å²) in [6.07, 6.45) is 4.39. The molecule has 3 unspecified atom stereocenters. The molecule has 0 radical (unpaired) electrons. The second-order valence-corrected chi connectivity index (χ2v) is 5.08. The summed E-state index contributed by atoms with van der Waals surface area (Å²) < 4.78 is 5.75. The van der Waals surface area contributed by atoms with Crippen LogP contribution in [0.15, 0.2) is 5.38 Å². The number of hydrogen-bond donors (Lipinski definition) is 1. The summed E-state index contributed by atoms with van der Waals surface area (Å²) in [6, 6.07) is 0.441. The fourth-order valence-corrected chi connectivity index (χ4v) is 3.17. The zero-order chi connectivity index (χ0) is 9.54. The maximum atomic E-state index is 5.75. The van der Waals surface area contributed by atoms with E-state index in [1.165, 1.54) is 12.8 Å². The van der Waals surface area contributed by atoms with Gasteiger partial charge >= 0.3 is 0 Å². The molecule has 0 saturated carbocycles. The van der Waals surface area contributed by atoms with E-state index in [9.17, 15) is 0 Å². The summed E-state index contributed by atoms with van der Waals surface area (Å²) in [4.78, 5) is 4.18. The van der Waals surface area contributed by atoms with Crippen molar-refractivity contribution in [3.63, 3.8) is 0 Å². The molecule has 0 aliphatic carbocycles. The molecule has 3 atom stereocenters. The predicted molar refractivity (Wildman–Crippen MR) is 57.0 cm³/mol. The van der Waals surface area contributed by atoms with Gasteiger partial charge in [-0.15, -0.1) is 11.3 Å². The third-order valence-corrected chi connectivity index (χ3v) is 3.99. The van der Waals surface area contributed by atoms with Crippen LogP contribution in [0.2, 0.25) is 5.15 Å². The molecule has 1 aromatic rings. The van der Waals surface area contributed by atoms with Gasteiger partial charge in [0.2, 0.25) is 0 Å². The van der Waals surface area contributed by atoms with Crippen LogP contribution in [0.5, 0.6) is 0 Å². The summed E-state index contributed by atoms with van der Waals surface area (Å²) in [6.45, 7) is 0. The van der Waals surface area contributed by atoms with Crippen molar-refractivity contribution >= 4 is 28.1 Å². The Morgan fingerprint density at radius 2 is 2.50 bits per heavy atom. The highest BCUT2D eigenvalue weighted by molar-refractivity contribution is 7.14. The van der Waals surface area contributed by atoms with Crippen molar-refractivity contribution < 1.29 is 4.74 Å². The van der Waals surface area contributed by atoms with E-state index in [0.29, 0.717) is 23.4 Å². The van der Waals surface area contributed by atoms with E-state index in [4.69, 9.17) is 16.3 Å². The van der Waals surface area contributed by atoms with Crippen LogP contribution in [0, 0.1) is 0 Å². The van der Waals surface area contributed by atoms with Crippen molar-refractivity contribution in [2.45, 2.75) is 37.5 Å². The van der Waals surface area contributed by atoms with Crippen LogP contribution >= 0.6 is 22.9 Å². The molecule has 0 amide bonds. The van der Waals surface area contributed by atoms with Crippen molar-refractivity contribution in [1.82, 2.24) is 4.98 Å². The van der Waals surface area contributed by atoms with Crippen molar-refractivity contribution in [2.24, 2.45) is 0 Å². The van der Waals surface area contributed by atoms with Gasteiger partial charge in [-0.1, -0.05) is 11.6 Å². The molecule has 3 heterocycles. The standard InChI is InChI=1S/C9H11ClN2OS/c10-8-4-14-9(12-8)11-6-3-5-1-2-7(6)13-5/h4-7H,1-3H2,(H,11,12). The van der Waals surface area contributed by atoms with Crippen molar-refractivity contribution in [3.8, 4) is 0 Å². The normalized spacial score (nSPS) is 35.1. The fraction of sp³-hybridized carbons (Fsp3) is 0.667. The number of anilines is 1. The lowest BCUT2D eigenvalue weighted by molar-refractivity contribution is 0.102. The number of hydrogen-bond acceptors (Lipinski definition) is 4. The van der Waals surface area contributed by atoms with Gasteiger partial charge < -0.3 is 10.1 Å². The molecule has 3 nitrogen and oxygen atoms in total. The summed E-state index contributed by atoms with van der Waals surface area (Å²) >= 11 is 7.31. The highest BCUT2D eigenvalue weighted by Crippen LogP contribution is 2.36. The minimum absolute atomic E-state index is 0.391. The molecule has 0 spiro atoms. The third kappa shape index (κ3) is 1.51. The highest BCUT2D eigenvalue weighted by atomic mass is 35.5. The van der Waals surface area contributed by atoms with Gasteiger partial charge in [-0.3, -0.25) is 0 Å². The van der Waals surface area contributed by atoms with Crippen LogP contribution in [0.25, 0.3) is 0 Å². The van der Waals surface area contributed by atoms with Crippen molar-refractivity contribution in [1.29, 1.82) is 0 Å². The quantitative estimate of drug-likeness (QED) is 0.848. The average molecular weight is 231 g/mol. The third-order valence-electron chi connectivity index (χ3n) is 2.89. The largest absolute Gasteiger partial charge is 0.373 e. The lowest BCUT2D eigenvalue weighted by Crippen LogP contribution is -2.30. The molecule has 1 aromatic heterocycles. The lowest BCUT2D eigenvalue weighted by Gasteiger charge is -2.19. The molecule has 2 aliphatic heterocycles. The lowest BCUT2D eigenvalue weighted by atomic mass is 9.96. The van der Waals surface area contributed by atoms with E-state index in [-0.39, 0.29) is 0 Å². The Morgan fingerprint density at radius 1 is 1.57 bits per heavy atom. The van der Waals surface area contributed by atoms with E-state index in [1.54, 1.807) is 11.3 Å². The summed E-state index contributed by atoms with van der Waals surface area (Å²) in [7, 11) is 0. The van der Waals surface area contributed by atoms with Crippen molar-refractivity contribution in [2.75, 3.05) is 5.32 Å². The number of halogens is 1. The fourth-order valence-electron chi connectivity index (χ4n) is 2.27. The highest BCUT2D eigenvalue weighted by Gasteiger charge is 2.40. The van der Waals surface area contributed by atoms with Crippen LogP contribution in [0.4, 0.5) is 5.13 Å². The first-order valence-electron chi connectivity index (χ1n) is 4.84. The van der Waals surface area contributed by atoms with Gasteiger partial charge in [0.05, 0.1) is 18.2 Å². The molecule has 2 aliphatic rings. The first kappa shape index (κ1) is 8.95. The maximum Gasteiger partial charge on any atom is 0.184 e. The van der Waals surface area contributed by atoms with E-state index < -0.39 is 0 Å². The monoisotopic (exact) mass is 230 g/mol. The Labute approximate surface area is 91.4 Å². The molecule has 76 valence electrons. The number of fused-ring (bicyclic) bond motifs is 2. The smallest absolute Gasteiger partial charge is 0.184 e. The van der Waals surface area contributed by atoms with Gasteiger partial charge in [0.1, 0.15) is 5.15 Å². The van der Waals surface area contributed by atoms with Crippen LogP contribution < -0.4 is 5.32 Å². The van der Waals surface area contributed by atoms with Gasteiger partial charge in [-0.25, -0.2) is 4.98 Å². The number of aromatic nitrogens is 1. The number of rotatable bonds is 2. The summed E-state index contributed by atoms with van der Waals surface area (Å²) in [5.41, 5.74) is 0. The Bertz CT molecular complexity index is 343. The van der Waals surface area contributed by atoms with Crippen molar-refractivity contribution in [3.05, 3.63) is 10.5 Å². The Kier molecular flexibility index (Phi) is 2.15. The predicted octanol–water partition coefficient (Wildman–Crippen LogP) is 2.53. The molecule has 14 heavy (non-hydrogen) atoms. The molecule has 1 N–H and O–H groups in total. The first-order valence-corrected chi connectivity index (χ1v) is 6.10.